The van der Waals surface area contributed by atoms with Crippen LogP contribution in [-0.4, -0.2) is 15.5 Å². The van der Waals surface area contributed by atoms with Crippen LogP contribution in [0, 0.1) is 0 Å². The zero-order valence-corrected chi connectivity index (χ0v) is 10.1. The molecule has 0 amide bonds. The highest BCUT2D eigenvalue weighted by Crippen LogP contribution is 2.19. The van der Waals surface area contributed by atoms with Gasteiger partial charge in [0.15, 0.2) is 0 Å². The third kappa shape index (κ3) is 2.73. The fourth-order valence-corrected chi connectivity index (χ4v) is 2.07. The van der Waals surface area contributed by atoms with Gasteiger partial charge in [0.2, 0.25) is 0 Å². The quantitative estimate of drug-likeness (QED) is 0.847. The molecule has 15 heavy (non-hydrogen) atoms. The Morgan fingerprint density at radius 3 is 2.87 bits per heavy atom. The molecular weight excluding hydrogens is 206 g/mol. The number of thiazole rings is 1. The molecule has 80 valence electrons. The average molecular weight is 221 g/mol. The SMILES string of the molecule is CC(C)(C)NCc1nc2cccnc2s1. The molecule has 2 rings (SSSR count). The number of hydrogen-bond acceptors (Lipinski definition) is 4. The summed E-state index contributed by atoms with van der Waals surface area (Å²) in [6.07, 6.45) is 1.81. The summed E-state index contributed by atoms with van der Waals surface area (Å²) in [4.78, 5) is 9.80. The fraction of sp³-hybridized carbons (Fsp3) is 0.455. The summed E-state index contributed by atoms with van der Waals surface area (Å²) in [7, 11) is 0. The molecule has 2 heterocycles. The maximum Gasteiger partial charge on any atom is 0.143 e. The van der Waals surface area contributed by atoms with E-state index in [4.69, 9.17) is 0 Å². The van der Waals surface area contributed by atoms with Gasteiger partial charge in [0.25, 0.3) is 0 Å². The molecule has 0 saturated heterocycles. The molecule has 1 N–H and O–H groups in total. The van der Waals surface area contributed by atoms with E-state index in [2.05, 4.69) is 36.1 Å². The van der Waals surface area contributed by atoms with Crippen molar-refractivity contribution in [2.45, 2.75) is 32.9 Å². The van der Waals surface area contributed by atoms with Gasteiger partial charge < -0.3 is 5.32 Å². The topological polar surface area (TPSA) is 37.8 Å². The molecule has 0 saturated carbocycles. The van der Waals surface area contributed by atoms with Gasteiger partial charge in [-0.1, -0.05) is 11.3 Å². The van der Waals surface area contributed by atoms with E-state index in [1.807, 2.05) is 18.3 Å². The highest BCUT2D eigenvalue weighted by molar-refractivity contribution is 7.18. The van der Waals surface area contributed by atoms with Gasteiger partial charge in [0.1, 0.15) is 15.4 Å². The van der Waals surface area contributed by atoms with Crippen LogP contribution in [0.4, 0.5) is 0 Å². The molecule has 0 aliphatic heterocycles. The maximum atomic E-state index is 4.51. The summed E-state index contributed by atoms with van der Waals surface area (Å²) >= 11 is 1.65. The van der Waals surface area contributed by atoms with Crippen molar-refractivity contribution in [2.75, 3.05) is 0 Å². The van der Waals surface area contributed by atoms with Gasteiger partial charge in [-0.2, -0.15) is 0 Å². The lowest BCUT2D eigenvalue weighted by Gasteiger charge is -2.19. The van der Waals surface area contributed by atoms with Gasteiger partial charge in [-0.25, -0.2) is 9.97 Å². The lowest BCUT2D eigenvalue weighted by Crippen LogP contribution is -2.34. The lowest BCUT2D eigenvalue weighted by molar-refractivity contribution is 0.424. The van der Waals surface area contributed by atoms with Crippen LogP contribution in [0.2, 0.25) is 0 Å². The summed E-state index contributed by atoms with van der Waals surface area (Å²) in [5.41, 5.74) is 1.12. The van der Waals surface area contributed by atoms with Gasteiger partial charge >= 0.3 is 0 Å². The van der Waals surface area contributed by atoms with Gasteiger partial charge in [-0.15, -0.1) is 0 Å². The summed E-state index contributed by atoms with van der Waals surface area (Å²) in [5.74, 6) is 0. The first-order chi connectivity index (χ1) is 7.04. The molecule has 0 radical (unpaired) electrons. The van der Waals surface area contributed by atoms with E-state index in [9.17, 15) is 0 Å². The van der Waals surface area contributed by atoms with Crippen LogP contribution >= 0.6 is 11.3 Å². The standard InChI is InChI=1S/C11H15N3S/c1-11(2,3)13-7-9-14-8-5-4-6-12-10(8)15-9/h4-6,13H,7H2,1-3H3. The largest absolute Gasteiger partial charge is 0.306 e. The number of aromatic nitrogens is 2. The highest BCUT2D eigenvalue weighted by Gasteiger charge is 2.10. The molecule has 0 spiro atoms. The molecule has 0 unspecified atom stereocenters. The molecule has 0 bridgehead atoms. The molecule has 0 atom stereocenters. The van der Waals surface area contributed by atoms with Crippen LogP contribution in [0.1, 0.15) is 25.8 Å². The Labute approximate surface area is 93.6 Å². The molecule has 0 aliphatic rings. The van der Waals surface area contributed by atoms with Crippen LogP contribution in [0.3, 0.4) is 0 Å². The van der Waals surface area contributed by atoms with Gasteiger partial charge in [-0.05, 0) is 32.9 Å². The summed E-state index contributed by atoms with van der Waals surface area (Å²) in [6.45, 7) is 7.26. The first-order valence-electron chi connectivity index (χ1n) is 5.00. The van der Waals surface area contributed by atoms with Crippen LogP contribution in [0.5, 0.6) is 0 Å². The Kier molecular flexibility index (Phi) is 2.71. The van der Waals surface area contributed by atoms with E-state index in [0.717, 1.165) is 21.9 Å². The molecule has 0 aliphatic carbocycles. The molecule has 0 aromatic carbocycles. The minimum Gasteiger partial charge on any atom is -0.306 e. The smallest absolute Gasteiger partial charge is 0.143 e. The normalized spacial score (nSPS) is 12.2. The van der Waals surface area contributed by atoms with E-state index >= 15 is 0 Å². The van der Waals surface area contributed by atoms with Crippen molar-refractivity contribution in [3.63, 3.8) is 0 Å². The van der Waals surface area contributed by atoms with Gasteiger partial charge in [-0.3, -0.25) is 0 Å². The monoisotopic (exact) mass is 221 g/mol. The van der Waals surface area contributed by atoms with E-state index < -0.39 is 0 Å². The fourth-order valence-electron chi connectivity index (χ4n) is 1.23. The molecule has 0 fully saturated rings. The predicted octanol–water partition coefficient (Wildman–Crippen LogP) is 2.58. The average Bonchev–Trinajstić information content (AvgIpc) is 2.56. The van der Waals surface area contributed by atoms with Crippen molar-refractivity contribution in [2.24, 2.45) is 0 Å². The molecule has 2 aromatic heterocycles. The van der Waals surface area contributed by atoms with Crippen molar-refractivity contribution >= 4 is 21.7 Å². The van der Waals surface area contributed by atoms with Crippen molar-refractivity contribution in [1.82, 2.24) is 15.3 Å². The molecule has 3 nitrogen and oxygen atoms in total. The zero-order chi connectivity index (χ0) is 10.9. The van der Waals surface area contributed by atoms with Crippen LogP contribution in [-0.2, 0) is 6.54 Å². The van der Waals surface area contributed by atoms with Crippen molar-refractivity contribution in [3.05, 3.63) is 23.3 Å². The first-order valence-corrected chi connectivity index (χ1v) is 5.82. The highest BCUT2D eigenvalue weighted by atomic mass is 32.1. The molecule has 2 aromatic rings. The third-order valence-corrected chi connectivity index (χ3v) is 2.96. The Balaban J connectivity index is 2.16. The van der Waals surface area contributed by atoms with E-state index in [0.29, 0.717) is 0 Å². The number of fused-ring (bicyclic) bond motifs is 1. The summed E-state index contributed by atoms with van der Waals surface area (Å²) in [5, 5.41) is 4.52. The van der Waals surface area contributed by atoms with Crippen molar-refractivity contribution < 1.29 is 0 Å². The second-order valence-corrected chi connectivity index (χ2v) is 5.60. The zero-order valence-electron chi connectivity index (χ0n) is 9.24. The lowest BCUT2D eigenvalue weighted by atomic mass is 10.1. The first kappa shape index (κ1) is 10.5. The van der Waals surface area contributed by atoms with E-state index in [-0.39, 0.29) is 5.54 Å². The minimum absolute atomic E-state index is 0.130. The summed E-state index contributed by atoms with van der Waals surface area (Å²) in [6, 6.07) is 3.92. The van der Waals surface area contributed by atoms with Gasteiger partial charge in [0.05, 0.1) is 0 Å². The van der Waals surface area contributed by atoms with Crippen molar-refractivity contribution in [3.8, 4) is 0 Å². The number of nitrogens with one attached hydrogen (secondary N) is 1. The minimum atomic E-state index is 0.130. The van der Waals surface area contributed by atoms with E-state index in [1.54, 1.807) is 11.3 Å². The maximum absolute atomic E-state index is 4.51. The predicted molar refractivity (Wildman–Crippen MR) is 64.0 cm³/mol. The number of hydrogen-bond donors (Lipinski definition) is 1. The Bertz CT molecular complexity index is 423. The second-order valence-electron chi connectivity index (χ2n) is 4.54. The number of rotatable bonds is 2. The summed E-state index contributed by atoms with van der Waals surface area (Å²) < 4.78 is 0. The molecule has 4 heteroatoms. The van der Waals surface area contributed by atoms with Gasteiger partial charge in [0, 0.05) is 18.3 Å². The number of nitrogens with zero attached hydrogens (tertiary/aromatic N) is 2. The number of pyridine rings is 1. The van der Waals surface area contributed by atoms with Crippen LogP contribution < -0.4 is 5.32 Å². The Hall–Kier alpha value is -1.00. The van der Waals surface area contributed by atoms with Crippen LogP contribution in [0.25, 0.3) is 10.3 Å². The third-order valence-electron chi connectivity index (χ3n) is 1.98. The van der Waals surface area contributed by atoms with E-state index in [1.165, 1.54) is 0 Å². The molecular formula is C11H15N3S. The Morgan fingerprint density at radius 1 is 1.40 bits per heavy atom. The van der Waals surface area contributed by atoms with Crippen molar-refractivity contribution in [1.29, 1.82) is 0 Å². The van der Waals surface area contributed by atoms with Crippen LogP contribution in [0.15, 0.2) is 18.3 Å². The Morgan fingerprint density at radius 2 is 2.20 bits per heavy atom. The second kappa shape index (κ2) is 3.87.